The summed E-state index contributed by atoms with van der Waals surface area (Å²) >= 11 is 0. The summed E-state index contributed by atoms with van der Waals surface area (Å²) in [7, 11) is 7.44. The molecule has 0 radical (unpaired) electrons. The number of hydrogen-bond acceptors (Lipinski definition) is 4. The zero-order valence-corrected chi connectivity index (χ0v) is 14.7. The first-order valence-corrected chi connectivity index (χ1v) is 11.8. The van der Waals surface area contributed by atoms with E-state index in [0.29, 0.717) is 0 Å². The Morgan fingerprint density at radius 1 is 0.455 bits per heavy atom. The van der Waals surface area contributed by atoms with Crippen molar-refractivity contribution in [3.63, 3.8) is 0 Å². The van der Waals surface area contributed by atoms with Gasteiger partial charge in [0, 0.05) is 0 Å². The highest BCUT2D eigenvalue weighted by atomic mass is 33.4. The van der Waals surface area contributed by atoms with E-state index in [-0.39, 0.29) is 0 Å². The van der Waals surface area contributed by atoms with Crippen molar-refractivity contribution in [3.8, 4) is 0 Å². The third-order valence-corrected chi connectivity index (χ3v) is 10.2. The first-order chi connectivity index (χ1) is 10.9. The molecule has 1 aromatic heterocycles. The van der Waals surface area contributed by atoms with E-state index in [1.165, 1.54) is 41.7 Å². The van der Waals surface area contributed by atoms with Crippen molar-refractivity contribution in [3.05, 3.63) is 60.7 Å². The van der Waals surface area contributed by atoms with Crippen molar-refractivity contribution in [2.75, 3.05) is 0 Å². The molecular formula is C18H10S4. The summed E-state index contributed by atoms with van der Waals surface area (Å²) in [6.07, 6.45) is 0. The fourth-order valence-electron chi connectivity index (χ4n) is 2.93. The van der Waals surface area contributed by atoms with Gasteiger partial charge in [-0.25, -0.2) is 0 Å². The molecule has 5 aromatic rings. The van der Waals surface area contributed by atoms with Crippen LogP contribution in [0.1, 0.15) is 0 Å². The van der Waals surface area contributed by atoms with Gasteiger partial charge < -0.3 is 0 Å². The molecular weight excluding hydrogens is 344 g/mol. The summed E-state index contributed by atoms with van der Waals surface area (Å²) in [5.74, 6) is 0. The van der Waals surface area contributed by atoms with Gasteiger partial charge in [0.1, 0.15) is 0 Å². The van der Waals surface area contributed by atoms with E-state index < -0.39 is 0 Å². The lowest BCUT2D eigenvalue weighted by Gasteiger charge is -2.06. The lowest BCUT2D eigenvalue weighted by atomic mass is 10.00. The fourth-order valence-corrected chi connectivity index (χ4v) is 9.09. The highest BCUT2D eigenvalue weighted by molar-refractivity contribution is 8.09. The number of hydrogen-bond donors (Lipinski definition) is 0. The molecule has 0 unspecified atom stereocenters. The summed E-state index contributed by atoms with van der Waals surface area (Å²) in [5.41, 5.74) is 0. The zero-order chi connectivity index (χ0) is 14.5. The van der Waals surface area contributed by atoms with Crippen LogP contribution in [0.4, 0.5) is 0 Å². The first-order valence-electron chi connectivity index (χ1n) is 6.95. The van der Waals surface area contributed by atoms with Crippen LogP contribution in [-0.2, 0) is 0 Å². The Hall–Kier alpha value is -1.46. The molecule has 0 atom stereocenters. The third kappa shape index (κ3) is 2.07. The van der Waals surface area contributed by atoms with Gasteiger partial charge in [-0.2, -0.15) is 0 Å². The predicted molar refractivity (Wildman–Crippen MR) is 106 cm³/mol. The van der Waals surface area contributed by atoms with Crippen LogP contribution in [0.3, 0.4) is 0 Å². The van der Waals surface area contributed by atoms with Gasteiger partial charge in [0.05, 0.1) is 9.40 Å². The molecule has 106 valence electrons. The van der Waals surface area contributed by atoms with E-state index in [1.807, 2.05) is 39.4 Å². The summed E-state index contributed by atoms with van der Waals surface area (Å²) in [6.45, 7) is 0. The van der Waals surface area contributed by atoms with Gasteiger partial charge in [0.25, 0.3) is 0 Å². The Labute approximate surface area is 141 Å². The zero-order valence-electron chi connectivity index (χ0n) is 11.4. The maximum atomic E-state index is 2.34. The molecule has 0 saturated heterocycles. The van der Waals surface area contributed by atoms with Crippen molar-refractivity contribution < 1.29 is 0 Å². The highest BCUT2D eigenvalue weighted by Crippen LogP contribution is 2.35. The standard InChI is InChI=1S/C18H10S4/c1-2-4-12-6-14-8-16-10-18-17(19-21-22-20-18)9-15(16)7-13(14)5-11(12)3-1/h1-10H. The Bertz CT molecular complexity index is 997. The molecule has 4 heteroatoms. The van der Waals surface area contributed by atoms with E-state index in [1.54, 1.807) is 0 Å². The normalized spacial score (nSPS) is 11.6. The lowest BCUT2D eigenvalue weighted by Crippen LogP contribution is -1.79. The molecule has 0 nitrogen and oxygen atoms in total. The molecule has 22 heavy (non-hydrogen) atoms. The van der Waals surface area contributed by atoms with Crippen molar-refractivity contribution >= 4 is 81.1 Å². The minimum Gasteiger partial charge on any atom is -0.0676 e. The molecule has 0 saturated carbocycles. The van der Waals surface area contributed by atoms with E-state index in [4.69, 9.17) is 0 Å². The van der Waals surface area contributed by atoms with Crippen molar-refractivity contribution in [2.45, 2.75) is 0 Å². The molecule has 0 fully saturated rings. The minimum atomic E-state index is 1.31. The molecule has 0 aliphatic rings. The largest absolute Gasteiger partial charge is 0.0676 e. The van der Waals surface area contributed by atoms with E-state index >= 15 is 0 Å². The Morgan fingerprint density at radius 2 is 0.864 bits per heavy atom. The van der Waals surface area contributed by atoms with Gasteiger partial charge in [0.2, 0.25) is 0 Å². The van der Waals surface area contributed by atoms with Crippen LogP contribution in [0, 0.1) is 0 Å². The van der Waals surface area contributed by atoms with Gasteiger partial charge in [-0.1, -0.05) is 44.9 Å². The van der Waals surface area contributed by atoms with Crippen LogP contribution in [0.2, 0.25) is 0 Å². The molecule has 4 aromatic carbocycles. The predicted octanol–water partition coefficient (Wildman–Crippen LogP) is 7.67. The van der Waals surface area contributed by atoms with Crippen molar-refractivity contribution in [1.29, 1.82) is 0 Å². The smallest absolute Gasteiger partial charge is 0.0572 e. The molecule has 1 heterocycles. The molecule has 0 amide bonds. The van der Waals surface area contributed by atoms with Crippen LogP contribution >= 0.6 is 39.4 Å². The Balaban J connectivity index is 1.93. The van der Waals surface area contributed by atoms with Crippen LogP contribution in [-0.4, -0.2) is 0 Å². The number of rotatable bonds is 0. The fraction of sp³-hybridized carbons (Fsp3) is 0. The minimum absolute atomic E-state index is 1.31. The van der Waals surface area contributed by atoms with E-state index in [9.17, 15) is 0 Å². The maximum Gasteiger partial charge on any atom is 0.0572 e. The Morgan fingerprint density at radius 3 is 1.36 bits per heavy atom. The van der Waals surface area contributed by atoms with Crippen LogP contribution in [0.15, 0.2) is 60.7 Å². The van der Waals surface area contributed by atoms with Gasteiger partial charge in [-0.05, 0) is 87.4 Å². The summed E-state index contributed by atoms with van der Waals surface area (Å²) in [6, 6.07) is 22.5. The van der Waals surface area contributed by atoms with Gasteiger partial charge in [-0.3, -0.25) is 0 Å². The van der Waals surface area contributed by atoms with Crippen LogP contribution in [0.5, 0.6) is 0 Å². The first kappa shape index (κ1) is 13.0. The molecule has 0 aliphatic heterocycles. The molecule has 0 bridgehead atoms. The summed E-state index contributed by atoms with van der Waals surface area (Å²) < 4.78 is 2.78. The van der Waals surface area contributed by atoms with E-state index in [2.05, 4.69) is 60.7 Å². The highest BCUT2D eigenvalue weighted by Gasteiger charge is 2.03. The van der Waals surface area contributed by atoms with Gasteiger partial charge >= 0.3 is 0 Å². The van der Waals surface area contributed by atoms with Crippen LogP contribution < -0.4 is 0 Å². The number of benzene rings is 4. The average molecular weight is 355 g/mol. The average Bonchev–Trinajstić information content (AvgIpc) is 2.56. The maximum absolute atomic E-state index is 2.34. The van der Waals surface area contributed by atoms with Gasteiger partial charge in [-0.15, -0.1) is 0 Å². The van der Waals surface area contributed by atoms with Crippen molar-refractivity contribution in [2.24, 2.45) is 0 Å². The second kappa shape index (κ2) is 5.03. The summed E-state index contributed by atoms with van der Waals surface area (Å²) in [4.78, 5) is 0. The molecule has 0 aliphatic carbocycles. The second-order valence-corrected chi connectivity index (χ2v) is 11.1. The summed E-state index contributed by atoms with van der Waals surface area (Å²) in [5, 5.41) is 7.93. The monoisotopic (exact) mass is 354 g/mol. The molecule has 5 rings (SSSR count). The third-order valence-electron chi connectivity index (χ3n) is 4.00. The second-order valence-electron chi connectivity index (χ2n) is 5.35. The lowest BCUT2D eigenvalue weighted by molar-refractivity contribution is 1.79. The molecule has 0 spiro atoms. The quantitative estimate of drug-likeness (QED) is 0.198. The Kier molecular flexibility index (Phi) is 2.98. The van der Waals surface area contributed by atoms with Gasteiger partial charge in [0.15, 0.2) is 0 Å². The van der Waals surface area contributed by atoms with E-state index in [0.717, 1.165) is 0 Å². The number of fused-ring (bicyclic) bond motifs is 4. The molecule has 0 N–H and O–H groups in total. The topological polar surface area (TPSA) is 0 Å². The van der Waals surface area contributed by atoms with Crippen LogP contribution in [0.25, 0.3) is 41.7 Å². The SMILES string of the molecule is c1ccc2cc3cc4cc5ssssc5cc4cc3cc2c1. The van der Waals surface area contributed by atoms with Crippen molar-refractivity contribution in [1.82, 2.24) is 0 Å².